The fraction of sp³-hybridized carbons (Fsp3) is 0.417. The molecule has 2 aromatic heterocycles. The molecule has 2 heterocycles. The molecule has 16 heavy (non-hydrogen) atoms. The summed E-state index contributed by atoms with van der Waals surface area (Å²) in [6.07, 6.45) is 2.17. The number of rotatable bonds is 6. The van der Waals surface area contributed by atoms with E-state index in [4.69, 9.17) is 0 Å². The Labute approximate surface area is 104 Å². The lowest BCUT2D eigenvalue weighted by Crippen LogP contribution is -2.15. The molecule has 1 N–H and O–H groups in total. The fourth-order valence-corrected chi connectivity index (χ4v) is 3.02. The molecule has 0 unspecified atom stereocenters. The summed E-state index contributed by atoms with van der Waals surface area (Å²) in [4.78, 5) is 7.15. The lowest BCUT2D eigenvalue weighted by atomic mass is 10.3. The molecule has 2 nitrogen and oxygen atoms in total. The highest BCUT2D eigenvalue weighted by molar-refractivity contribution is 7.11. The van der Waals surface area contributed by atoms with E-state index in [2.05, 4.69) is 34.7 Å². The van der Waals surface area contributed by atoms with E-state index in [0.717, 1.165) is 25.9 Å². The van der Waals surface area contributed by atoms with Crippen LogP contribution in [0, 0.1) is 0 Å². The minimum Gasteiger partial charge on any atom is -0.311 e. The molecule has 0 saturated carbocycles. The zero-order valence-electron chi connectivity index (χ0n) is 9.40. The second-order valence-electron chi connectivity index (χ2n) is 3.63. The normalized spacial score (nSPS) is 10.8. The van der Waals surface area contributed by atoms with Crippen LogP contribution in [0.4, 0.5) is 0 Å². The van der Waals surface area contributed by atoms with Gasteiger partial charge < -0.3 is 5.32 Å². The lowest BCUT2D eigenvalue weighted by Gasteiger charge is -2.00. The number of thiophene rings is 1. The van der Waals surface area contributed by atoms with Crippen molar-refractivity contribution in [3.05, 3.63) is 38.5 Å². The van der Waals surface area contributed by atoms with Crippen molar-refractivity contribution in [2.45, 2.75) is 26.3 Å². The molecule has 2 rings (SSSR count). The Morgan fingerprint density at radius 3 is 2.88 bits per heavy atom. The zero-order valence-corrected chi connectivity index (χ0v) is 11.0. The predicted octanol–water partition coefficient (Wildman–Crippen LogP) is 3.10. The van der Waals surface area contributed by atoms with E-state index in [1.54, 1.807) is 11.3 Å². The minimum absolute atomic E-state index is 0.981. The minimum atomic E-state index is 0.981. The summed E-state index contributed by atoms with van der Waals surface area (Å²) >= 11 is 3.57. The van der Waals surface area contributed by atoms with Crippen LogP contribution in [0.15, 0.2) is 23.0 Å². The van der Waals surface area contributed by atoms with Gasteiger partial charge in [-0.25, -0.2) is 4.98 Å². The van der Waals surface area contributed by atoms with Gasteiger partial charge in [-0.05, 0) is 18.6 Å². The van der Waals surface area contributed by atoms with Crippen molar-refractivity contribution in [3.63, 3.8) is 0 Å². The van der Waals surface area contributed by atoms with E-state index >= 15 is 0 Å². The Morgan fingerprint density at radius 1 is 1.31 bits per heavy atom. The number of nitrogens with one attached hydrogen (secondary N) is 1. The molecular weight excluding hydrogens is 236 g/mol. The first-order valence-corrected chi connectivity index (χ1v) is 7.29. The molecule has 0 radical (unpaired) electrons. The number of hydrogen-bond donors (Lipinski definition) is 1. The lowest BCUT2D eigenvalue weighted by molar-refractivity contribution is 0.688. The monoisotopic (exact) mass is 252 g/mol. The Hall–Kier alpha value is -0.710. The molecule has 0 aliphatic heterocycles. The number of thiazole rings is 1. The zero-order chi connectivity index (χ0) is 11.2. The van der Waals surface area contributed by atoms with Gasteiger partial charge in [0.25, 0.3) is 0 Å². The van der Waals surface area contributed by atoms with Gasteiger partial charge in [0, 0.05) is 34.6 Å². The van der Waals surface area contributed by atoms with Crippen LogP contribution >= 0.6 is 22.7 Å². The Bertz CT molecular complexity index is 406. The van der Waals surface area contributed by atoms with Crippen LogP contribution in [0.2, 0.25) is 0 Å². The van der Waals surface area contributed by atoms with Crippen molar-refractivity contribution >= 4 is 22.7 Å². The summed E-state index contributed by atoms with van der Waals surface area (Å²) in [7, 11) is 0. The molecule has 0 bridgehead atoms. The molecule has 0 aromatic carbocycles. The van der Waals surface area contributed by atoms with Crippen molar-refractivity contribution in [1.29, 1.82) is 0 Å². The molecule has 0 amide bonds. The molecular formula is C12H16N2S2. The Morgan fingerprint density at radius 2 is 2.19 bits per heavy atom. The van der Waals surface area contributed by atoms with Gasteiger partial charge in [-0.1, -0.05) is 6.92 Å². The molecule has 4 heteroatoms. The van der Waals surface area contributed by atoms with Crippen molar-refractivity contribution in [2.24, 2.45) is 0 Å². The summed E-state index contributed by atoms with van der Waals surface area (Å²) < 4.78 is 0. The largest absolute Gasteiger partial charge is 0.311 e. The second-order valence-corrected chi connectivity index (χ2v) is 5.60. The van der Waals surface area contributed by atoms with Gasteiger partial charge in [-0.3, -0.25) is 0 Å². The number of hydrogen-bond acceptors (Lipinski definition) is 4. The fourth-order valence-electron chi connectivity index (χ4n) is 1.50. The third kappa shape index (κ3) is 3.40. The molecule has 0 atom stereocenters. The van der Waals surface area contributed by atoms with E-state index < -0.39 is 0 Å². The van der Waals surface area contributed by atoms with Gasteiger partial charge in [-0.15, -0.1) is 22.7 Å². The first-order valence-electron chi connectivity index (χ1n) is 5.54. The number of aromatic nitrogens is 1. The Balaban J connectivity index is 1.68. The van der Waals surface area contributed by atoms with Crippen LogP contribution in [-0.4, -0.2) is 11.5 Å². The smallest absolute Gasteiger partial charge is 0.0794 e. The average molecular weight is 252 g/mol. The third-order valence-corrected chi connectivity index (χ3v) is 4.27. The molecule has 86 valence electrons. The summed E-state index contributed by atoms with van der Waals surface area (Å²) in [5.41, 5.74) is 3.08. The standard InChI is InChI=1S/C12H16N2S2/c1-2-11-3-4-12(16-11)7-13-6-5-10-8-15-9-14-10/h3-4,8-9,13H,2,5-7H2,1H3. The van der Waals surface area contributed by atoms with Crippen LogP contribution in [0.5, 0.6) is 0 Å². The maximum atomic E-state index is 4.26. The molecule has 2 aromatic rings. The van der Waals surface area contributed by atoms with Crippen molar-refractivity contribution < 1.29 is 0 Å². The van der Waals surface area contributed by atoms with E-state index in [1.165, 1.54) is 15.4 Å². The van der Waals surface area contributed by atoms with Crippen LogP contribution < -0.4 is 5.32 Å². The highest BCUT2D eigenvalue weighted by atomic mass is 32.1. The maximum Gasteiger partial charge on any atom is 0.0794 e. The summed E-state index contributed by atoms with van der Waals surface area (Å²) in [5, 5.41) is 5.57. The molecule has 0 saturated heterocycles. The van der Waals surface area contributed by atoms with Crippen LogP contribution in [0.25, 0.3) is 0 Å². The van der Waals surface area contributed by atoms with Gasteiger partial charge in [-0.2, -0.15) is 0 Å². The number of aryl methyl sites for hydroxylation is 1. The van der Waals surface area contributed by atoms with Gasteiger partial charge >= 0.3 is 0 Å². The van der Waals surface area contributed by atoms with Crippen molar-refractivity contribution in [1.82, 2.24) is 10.3 Å². The summed E-state index contributed by atoms with van der Waals surface area (Å²) in [6, 6.07) is 4.45. The molecule has 0 aliphatic rings. The Kier molecular flexibility index (Phi) is 4.51. The summed E-state index contributed by atoms with van der Waals surface area (Å²) in [5.74, 6) is 0. The SMILES string of the molecule is CCc1ccc(CNCCc2cscn2)s1. The molecule has 0 aliphatic carbocycles. The number of nitrogens with zero attached hydrogens (tertiary/aromatic N) is 1. The average Bonchev–Trinajstić information content (AvgIpc) is 2.95. The van der Waals surface area contributed by atoms with Crippen LogP contribution in [0.3, 0.4) is 0 Å². The first-order chi connectivity index (χ1) is 7.88. The van der Waals surface area contributed by atoms with Crippen molar-refractivity contribution in [3.8, 4) is 0 Å². The summed E-state index contributed by atoms with van der Waals surface area (Å²) in [6.45, 7) is 4.18. The quantitative estimate of drug-likeness (QED) is 0.799. The van der Waals surface area contributed by atoms with Crippen molar-refractivity contribution in [2.75, 3.05) is 6.54 Å². The van der Waals surface area contributed by atoms with E-state index in [-0.39, 0.29) is 0 Å². The van der Waals surface area contributed by atoms with E-state index in [9.17, 15) is 0 Å². The highest BCUT2D eigenvalue weighted by Crippen LogP contribution is 2.16. The van der Waals surface area contributed by atoms with Gasteiger partial charge in [0.05, 0.1) is 11.2 Å². The van der Waals surface area contributed by atoms with Crippen LogP contribution in [0.1, 0.15) is 22.4 Å². The van der Waals surface area contributed by atoms with E-state index in [1.807, 2.05) is 16.8 Å². The first kappa shape index (κ1) is 11.8. The second kappa shape index (κ2) is 6.13. The molecule has 0 spiro atoms. The predicted molar refractivity (Wildman–Crippen MR) is 71.2 cm³/mol. The van der Waals surface area contributed by atoms with Gasteiger partial charge in [0.15, 0.2) is 0 Å². The highest BCUT2D eigenvalue weighted by Gasteiger charge is 1.98. The van der Waals surface area contributed by atoms with Crippen LogP contribution in [-0.2, 0) is 19.4 Å². The maximum absolute atomic E-state index is 4.26. The third-order valence-electron chi connectivity index (χ3n) is 2.41. The van der Waals surface area contributed by atoms with E-state index in [0.29, 0.717) is 0 Å². The van der Waals surface area contributed by atoms with Gasteiger partial charge in [0.1, 0.15) is 0 Å². The van der Waals surface area contributed by atoms with Gasteiger partial charge in [0.2, 0.25) is 0 Å². The topological polar surface area (TPSA) is 24.9 Å². The molecule has 0 fully saturated rings.